The summed E-state index contributed by atoms with van der Waals surface area (Å²) in [4.78, 5) is 1.69. The number of aliphatic hydroxyl groups is 1. The summed E-state index contributed by atoms with van der Waals surface area (Å²) in [5, 5.41) is 12.5. The molecule has 1 aliphatic carbocycles. The molecule has 1 unspecified atom stereocenters. The van der Waals surface area contributed by atoms with Gasteiger partial charge < -0.3 is 10.4 Å². The van der Waals surface area contributed by atoms with Crippen molar-refractivity contribution in [3.63, 3.8) is 0 Å². The van der Waals surface area contributed by atoms with E-state index < -0.39 is 6.43 Å². The molecule has 2 N–H and O–H groups in total. The molecule has 1 fully saturated rings. The van der Waals surface area contributed by atoms with E-state index in [1.54, 1.807) is 4.90 Å². The van der Waals surface area contributed by atoms with E-state index in [1.807, 2.05) is 0 Å². The van der Waals surface area contributed by atoms with E-state index in [2.05, 4.69) is 19.2 Å². The van der Waals surface area contributed by atoms with Gasteiger partial charge in [-0.3, -0.25) is 4.90 Å². The Morgan fingerprint density at radius 2 is 2.11 bits per heavy atom. The molecule has 0 aromatic heterocycles. The molecular formula is C14H28F2N2O. The minimum absolute atomic E-state index is 0.00139. The number of hydrogen-bond acceptors (Lipinski definition) is 3. The van der Waals surface area contributed by atoms with Crippen LogP contribution in [0.15, 0.2) is 0 Å². The van der Waals surface area contributed by atoms with E-state index in [0.717, 1.165) is 19.4 Å². The van der Waals surface area contributed by atoms with Crippen molar-refractivity contribution in [2.24, 2.45) is 5.41 Å². The number of halogens is 2. The summed E-state index contributed by atoms with van der Waals surface area (Å²) in [5.41, 5.74) is 0.00139. The summed E-state index contributed by atoms with van der Waals surface area (Å²) in [6, 6.07) is 0.637. The molecule has 1 aliphatic rings. The standard InChI is InChI=1S/C14H28F2N2O/c1-3-6-14(2,10-17-12-4-5-12)11-18(7-8-19)9-13(15)16/h12-13,17,19H,3-11H2,1-2H3. The lowest BCUT2D eigenvalue weighted by Gasteiger charge is -2.35. The molecule has 1 saturated carbocycles. The van der Waals surface area contributed by atoms with E-state index in [9.17, 15) is 8.78 Å². The fourth-order valence-corrected chi connectivity index (χ4v) is 2.62. The Labute approximate surface area is 115 Å². The van der Waals surface area contributed by atoms with Gasteiger partial charge in [0.15, 0.2) is 0 Å². The number of hydrogen-bond donors (Lipinski definition) is 2. The predicted octanol–water partition coefficient (Wildman–Crippen LogP) is 2.10. The Bertz CT molecular complexity index is 250. The van der Waals surface area contributed by atoms with E-state index in [1.165, 1.54) is 12.8 Å². The first kappa shape index (κ1) is 16.8. The van der Waals surface area contributed by atoms with E-state index >= 15 is 0 Å². The van der Waals surface area contributed by atoms with Crippen molar-refractivity contribution < 1.29 is 13.9 Å². The first-order valence-electron chi connectivity index (χ1n) is 7.34. The highest BCUT2D eigenvalue weighted by Crippen LogP contribution is 2.27. The number of nitrogens with one attached hydrogen (secondary N) is 1. The molecule has 114 valence electrons. The van der Waals surface area contributed by atoms with Crippen molar-refractivity contribution in [2.75, 3.05) is 32.8 Å². The van der Waals surface area contributed by atoms with Gasteiger partial charge in [-0.2, -0.15) is 0 Å². The summed E-state index contributed by atoms with van der Waals surface area (Å²) >= 11 is 0. The van der Waals surface area contributed by atoms with Gasteiger partial charge in [0.05, 0.1) is 13.2 Å². The molecule has 0 aromatic carbocycles. The molecule has 0 aliphatic heterocycles. The second-order valence-corrected chi connectivity index (χ2v) is 6.07. The Morgan fingerprint density at radius 3 is 2.58 bits per heavy atom. The zero-order chi connectivity index (χ0) is 14.3. The fourth-order valence-electron chi connectivity index (χ4n) is 2.62. The lowest BCUT2D eigenvalue weighted by atomic mass is 9.84. The molecule has 3 nitrogen and oxygen atoms in total. The van der Waals surface area contributed by atoms with Crippen LogP contribution in [0.3, 0.4) is 0 Å². The van der Waals surface area contributed by atoms with Crippen LogP contribution in [0.5, 0.6) is 0 Å². The molecule has 0 aromatic rings. The van der Waals surface area contributed by atoms with Crippen LogP contribution >= 0.6 is 0 Å². The lowest BCUT2D eigenvalue weighted by Crippen LogP contribution is -2.45. The summed E-state index contributed by atoms with van der Waals surface area (Å²) in [5.74, 6) is 0. The molecule has 0 bridgehead atoms. The SMILES string of the molecule is CCCC(C)(CNC1CC1)CN(CCO)CC(F)F. The van der Waals surface area contributed by atoms with Crippen molar-refractivity contribution >= 4 is 0 Å². The molecule has 0 amide bonds. The normalized spacial score (nSPS) is 19.1. The van der Waals surface area contributed by atoms with Crippen LogP contribution in [0.2, 0.25) is 0 Å². The Hall–Kier alpha value is -0.260. The van der Waals surface area contributed by atoms with Crippen LogP contribution in [0.4, 0.5) is 8.78 Å². The fraction of sp³-hybridized carbons (Fsp3) is 1.00. The Balaban J connectivity index is 2.49. The predicted molar refractivity (Wildman–Crippen MR) is 73.6 cm³/mol. The average Bonchev–Trinajstić information content (AvgIpc) is 3.10. The minimum atomic E-state index is -2.34. The maximum atomic E-state index is 12.6. The smallest absolute Gasteiger partial charge is 0.251 e. The van der Waals surface area contributed by atoms with Crippen LogP contribution in [0, 0.1) is 5.41 Å². The van der Waals surface area contributed by atoms with Crippen molar-refractivity contribution in [3.8, 4) is 0 Å². The Morgan fingerprint density at radius 1 is 1.42 bits per heavy atom. The monoisotopic (exact) mass is 278 g/mol. The third-order valence-corrected chi connectivity index (χ3v) is 3.67. The van der Waals surface area contributed by atoms with Crippen molar-refractivity contribution in [3.05, 3.63) is 0 Å². The zero-order valence-electron chi connectivity index (χ0n) is 12.2. The average molecular weight is 278 g/mol. The van der Waals surface area contributed by atoms with E-state index in [0.29, 0.717) is 19.1 Å². The van der Waals surface area contributed by atoms with Gasteiger partial charge in [0.25, 0.3) is 6.43 Å². The van der Waals surface area contributed by atoms with Crippen LogP contribution in [0.1, 0.15) is 39.5 Å². The van der Waals surface area contributed by atoms with Crippen molar-refractivity contribution in [1.29, 1.82) is 0 Å². The van der Waals surface area contributed by atoms with Gasteiger partial charge >= 0.3 is 0 Å². The molecule has 1 rings (SSSR count). The molecule has 0 spiro atoms. The van der Waals surface area contributed by atoms with Crippen molar-refractivity contribution in [1.82, 2.24) is 10.2 Å². The quantitative estimate of drug-likeness (QED) is 0.607. The van der Waals surface area contributed by atoms with Crippen LogP contribution in [-0.4, -0.2) is 55.3 Å². The third-order valence-electron chi connectivity index (χ3n) is 3.67. The van der Waals surface area contributed by atoms with E-state index in [-0.39, 0.29) is 18.6 Å². The maximum Gasteiger partial charge on any atom is 0.251 e. The van der Waals surface area contributed by atoms with Crippen LogP contribution in [-0.2, 0) is 0 Å². The van der Waals surface area contributed by atoms with Gasteiger partial charge in [0.1, 0.15) is 0 Å². The second kappa shape index (κ2) is 8.12. The maximum absolute atomic E-state index is 12.6. The Kier molecular flexibility index (Phi) is 7.18. The number of alkyl halides is 2. The molecule has 1 atom stereocenters. The van der Waals surface area contributed by atoms with E-state index in [4.69, 9.17) is 5.11 Å². The summed E-state index contributed by atoms with van der Waals surface area (Å²) in [7, 11) is 0. The lowest BCUT2D eigenvalue weighted by molar-refractivity contribution is 0.0517. The van der Waals surface area contributed by atoms with Gasteiger partial charge in [0.2, 0.25) is 0 Å². The largest absolute Gasteiger partial charge is 0.395 e. The van der Waals surface area contributed by atoms with Gasteiger partial charge in [-0.05, 0) is 24.7 Å². The van der Waals surface area contributed by atoms with Gasteiger partial charge in [-0.1, -0.05) is 20.3 Å². The van der Waals surface area contributed by atoms with Crippen LogP contribution in [0.25, 0.3) is 0 Å². The van der Waals surface area contributed by atoms with Crippen LogP contribution < -0.4 is 5.32 Å². The van der Waals surface area contributed by atoms with Gasteiger partial charge in [-0.15, -0.1) is 0 Å². The van der Waals surface area contributed by atoms with Gasteiger partial charge in [-0.25, -0.2) is 8.78 Å². The summed E-state index contributed by atoms with van der Waals surface area (Å²) in [6.07, 6.45) is 2.19. The zero-order valence-corrected chi connectivity index (χ0v) is 12.2. The molecule has 5 heteroatoms. The second-order valence-electron chi connectivity index (χ2n) is 6.07. The summed E-state index contributed by atoms with van der Waals surface area (Å²) in [6.45, 7) is 5.78. The highest BCUT2D eigenvalue weighted by Gasteiger charge is 2.30. The summed E-state index contributed by atoms with van der Waals surface area (Å²) < 4.78 is 25.1. The van der Waals surface area contributed by atoms with Crippen molar-refractivity contribution in [2.45, 2.75) is 52.0 Å². The number of aliphatic hydroxyl groups excluding tert-OH is 1. The first-order valence-corrected chi connectivity index (χ1v) is 7.34. The third kappa shape index (κ3) is 7.18. The minimum Gasteiger partial charge on any atom is -0.395 e. The highest BCUT2D eigenvalue weighted by atomic mass is 19.3. The molecule has 19 heavy (non-hydrogen) atoms. The molecule has 0 radical (unpaired) electrons. The highest BCUT2D eigenvalue weighted by molar-refractivity contribution is 4.87. The topological polar surface area (TPSA) is 35.5 Å². The number of nitrogens with zero attached hydrogens (tertiary/aromatic N) is 1. The molecular weight excluding hydrogens is 250 g/mol. The number of rotatable bonds is 11. The first-order chi connectivity index (χ1) is 8.99. The molecule has 0 heterocycles. The molecule has 0 saturated heterocycles. The van der Waals surface area contributed by atoms with Gasteiger partial charge in [0, 0.05) is 25.7 Å².